The van der Waals surface area contributed by atoms with E-state index in [0.717, 1.165) is 19.3 Å². The Morgan fingerprint density at radius 3 is 2.88 bits per heavy atom. The van der Waals surface area contributed by atoms with E-state index in [1.165, 1.54) is 18.2 Å². The van der Waals surface area contributed by atoms with E-state index in [1.54, 1.807) is 0 Å². The average Bonchev–Trinajstić information content (AvgIpc) is 2.31. The second kappa shape index (κ2) is 5.15. The number of hydrogen-bond donors (Lipinski definition) is 1. The molecule has 0 saturated heterocycles. The van der Waals surface area contributed by atoms with Crippen LogP contribution in [0.2, 0.25) is 5.02 Å². The number of rotatable bonds is 2. The Balaban J connectivity index is 2.21. The molecule has 2 unspecified atom stereocenters. The van der Waals surface area contributed by atoms with Gasteiger partial charge in [0.05, 0.1) is 5.02 Å². The molecule has 2 N–H and O–H groups in total. The van der Waals surface area contributed by atoms with Gasteiger partial charge in [-0.3, -0.25) is 4.79 Å². The molecular formula is C13H15ClFNO. The van der Waals surface area contributed by atoms with Gasteiger partial charge in [-0.1, -0.05) is 18.0 Å². The zero-order valence-electron chi connectivity index (χ0n) is 9.46. The van der Waals surface area contributed by atoms with E-state index in [4.69, 9.17) is 17.3 Å². The number of benzene rings is 1. The lowest BCUT2D eigenvalue weighted by Gasteiger charge is -2.25. The van der Waals surface area contributed by atoms with Crippen molar-refractivity contribution < 1.29 is 9.18 Å². The highest BCUT2D eigenvalue weighted by Crippen LogP contribution is 2.29. The van der Waals surface area contributed by atoms with Crippen molar-refractivity contribution in [2.24, 2.45) is 11.7 Å². The molecule has 0 bridgehead atoms. The summed E-state index contributed by atoms with van der Waals surface area (Å²) in [6, 6.07) is 3.97. The Labute approximate surface area is 105 Å². The summed E-state index contributed by atoms with van der Waals surface area (Å²) >= 11 is 5.93. The maximum Gasteiger partial charge on any atom is 0.167 e. The highest BCUT2D eigenvalue weighted by atomic mass is 35.5. The quantitative estimate of drug-likeness (QED) is 0.825. The minimum absolute atomic E-state index is 0.0741. The van der Waals surface area contributed by atoms with E-state index < -0.39 is 5.82 Å². The summed E-state index contributed by atoms with van der Waals surface area (Å²) in [5, 5.41) is 0.315. The molecule has 0 amide bonds. The van der Waals surface area contributed by atoms with Crippen molar-refractivity contribution in [3.63, 3.8) is 0 Å². The first kappa shape index (κ1) is 12.5. The minimum Gasteiger partial charge on any atom is -0.328 e. The van der Waals surface area contributed by atoms with E-state index in [2.05, 4.69) is 0 Å². The minimum atomic E-state index is -0.433. The first-order chi connectivity index (χ1) is 8.08. The lowest BCUT2D eigenvalue weighted by atomic mass is 9.81. The van der Waals surface area contributed by atoms with Crippen molar-refractivity contribution in [1.29, 1.82) is 0 Å². The molecule has 1 aromatic carbocycles. The number of nitrogens with two attached hydrogens (primary N) is 1. The number of carbonyl (C=O) groups excluding carboxylic acids is 1. The van der Waals surface area contributed by atoms with Gasteiger partial charge in [-0.05, 0) is 37.5 Å². The Kier molecular flexibility index (Phi) is 3.79. The van der Waals surface area contributed by atoms with Gasteiger partial charge in [-0.2, -0.15) is 0 Å². The third-order valence-electron chi connectivity index (χ3n) is 3.28. The van der Waals surface area contributed by atoms with Crippen molar-refractivity contribution in [1.82, 2.24) is 0 Å². The fraction of sp³-hybridized carbons (Fsp3) is 0.462. The third kappa shape index (κ3) is 2.85. The maximum atomic E-state index is 13.1. The molecule has 0 aromatic heterocycles. The van der Waals surface area contributed by atoms with Gasteiger partial charge < -0.3 is 5.73 Å². The summed E-state index contributed by atoms with van der Waals surface area (Å²) in [5.41, 5.74) is 6.13. The first-order valence-electron chi connectivity index (χ1n) is 5.83. The summed E-state index contributed by atoms with van der Waals surface area (Å²) in [4.78, 5) is 12.2. The second-order valence-corrected chi connectivity index (χ2v) is 5.02. The SMILES string of the molecule is NC1CCCC(C(=O)c2cc(F)ccc2Cl)C1. The number of carbonyl (C=O) groups is 1. The summed E-state index contributed by atoms with van der Waals surface area (Å²) in [6.45, 7) is 0. The molecule has 2 rings (SSSR count). The number of ketones is 1. The normalized spacial score (nSPS) is 24.6. The van der Waals surface area contributed by atoms with Crippen LogP contribution in [0, 0.1) is 11.7 Å². The number of Topliss-reactive ketones (excluding diaryl/α,β-unsaturated/α-hetero) is 1. The van der Waals surface area contributed by atoms with Crippen LogP contribution in [0.15, 0.2) is 18.2 Å². The number of hydrogen-bond acceptors (Lipinski definition) is 2. The van der Waals surface area contributed by atoms with Crippen LogP contribution in [-0.2, 0) is 0 Å². The molecular weight excluding hydrogens is 241 g/mol. The average molecular weight is 256 g/mol. The van der Waals surface area contributed by atoms with Crippen molar-refractivity contribution in [2.45, 2.75) is 31.7 Å². The van der Waals surface area contributed by atoms with E-state index >= 15 is 0 Å². The van der Waals surface area contributed by atoms with Crippen LogP contribution in [0.25, 0.3) is 0 Å². The van der Waals surface area contributed by atoms with E-state index in [0.29, 0.717) is 11.4 Å². The molecule has 0 radical (unpaired) electrons. The van der Waals surface area contributed by atoms with Gasteiger partial charge in [0.2, 0.25) is 0 Å². The fourth-order valence-electron chi connectivity index (χ4n) is 2.37. The molecule has 0 aliphatic heterocycles. The van der Waals surface area contributed by atoms with Crippen LogP contribution in [0.1, 0.15) is 36.0 Å². The van der Waals surface area contributed by atoms with Gasteiger partial charge in [-0.15, -0.1) is 0 Å². The lowest BCUT2D eigenvalue weighted by Crippen LogP contribution is -2.31. The van der Waals surface area contributed by atoms with Crippen molar-refractivity contribution >= 4 is 17.4 Å². The third-order valence-corrected chi connectivity index (χ3v) is 3.61. The first-order valence-corrected chi connectivity index (χ1v) is 6.20. The molecule has 1 aliphatic carbocycles. The Morgan fingerprint density at radius 2 is 2.18 bits per heavy atom. The van der Waals surface area contributed by atoms with Crippen LogP contribution < -0.4 is 5.73 Å². The second-order valence-electron chi connectivity index (χ2n) is 4.61. The molecule has 0 spiro atoms. The van der Waals surface area contributed by atoms with Crippen molar-refractivity contribution in [3.05, 3.63) is 34.6 Å². The van der Waals surface area contributed by atoms with E-state index in [1.807, 2.05) is 0 Å². The van der Waals surface area contributed by atoms with E-state index in [9.17, 15) is 9.18 Å². The fourth-order valence-corrected chi connectivity index (χ4v) is 2.58. The Morgan fingerprint density at radius 1 is 1.41 bits per heavy atom. The predicted octanol–water partition coefficient (Wildman–Crippen LogP) is 3.18. The molecule has 4 heteroatoms. The van der Waals surface area contributed by atoms with Crippen molar-refractivity contribution in [2.75, 3.05) is 0 Å². The summed E-state index contributed by atoms with van der Waals surface area (Å²) in [6.07, 6.45) is 3.40. The highest BCUT2D eigenvalue weighted by Gasteiger charge is 2.27. The predicted molar refractivity (Wildman–Crippen MR) is 65.7 cm³/mol. The largest absolute Gasteiger partial charge is 0.328 e. The van der Waals surface area contributed by atoms with Gasteiger partial charge in [0.1, 0.15) is 5.82 Å². The van der Waals surface area contributed by atoms with Crippen LogP contribution in [0.5, 0.6) is 0 Å². The van der Waals surface area contributed by atoms with Gasteiger partial charge in [0, 0.05) is 17.5 Å². The Bertz CT molecular complexity index is 435. The topological polar surface area (TPSA) is 43.1 Å². The molecule has 1 aliphatic rings. The molecule has 1 saturated carbocycles. The van der Waals surface area contributed by atoms with Gasteiger partial charge in [-0.25, -0.2) is 4.39 Å². The standard InChI is InChI=1S/C13H15ClFNO/c14-12-5-4-9(15)7-11(12)13(17)8-2-1-3-10(16)6-8/h4-5,7-8,10H,1-3,6,16H2. The molecule has 17 heavy (non-hydrogen) atoms. The molecule has 92 valence electrons. The molecule has 2 nitrogen and oxygen atoms in total. The number of halogens is 2. The zero-order chi connectivity index (χ0) is 12.4. The van der Waals surface area contributed by atoms with Crippen LogP contribution in [0.4, 0.5) is 4.39 Å². The summed E-state index contributed by atoms with van der Waals surface area (Å²) < 4.78 is 13.1. The van der Waals surface area contributed by atoms with Gasteiger partial charge in [0.25, 0.3) is 0 Å². The van der Waals surface area contributed by atoms with Gasteiger partial charge >= 0.3 is 0 Å². The molecule has 2 atom stereocenters. The maximum absolute atomic E-state index is 13.1. The van der Waals surface area contributed by atoms with Crippen LogP contribution in [0.3, 0.4) is 0 Å². The van der Waals surface area contributed by atoms with Crippen molar-refractivity contribution in [3.8, 4) is 0 Å². The monoisotopic (exact) mass is 255 g/mol. The molecule has 0 heterocycles. The van der Waals surface area contributed by atoms with E-state index in [-0.39, 0.29) is 23.3 Å². The lowest BCUT2D eigenvalue weighted by molar-refractivity contribution is 0.0881. The zero-order valence-corrected chi connectivity index (χ0v) is 10.2. The van der Waals surface area contributed by atoms with Gasteiger partial charge in [0.15, 0.2) is 5.78 Å². The molecule has 1 fully saturated rings. The van der Waals surface area contributed by atoms with Crippen LogP contribution >= 0.6 is 11.6 Å². The Hall–Kier alpha value is -0.930. The summed E-state index contributed by atoms with van der Waals surface area (Å²) in [7, 11) is 0. The summed E-state index contributed by atoms with van der Waals surface area (Å²) in [5.74, 6) is -0.624. The highest BCUT2D eigenvalue weighted by molar-refractivity contribution is 6.34. The smallest absolute Gasteiger partial charge is 0.167 e. The molecule has 1 aromatic rings. The van der Waals surface area contributed by atoms with Crippen LogP contribution in [-0.4, -0.2) is 11.8 Å².